The van der Waals surface area contributed by atoms with E-state index in [-0.39, 0.29) is 5.91 Å². The minimum Gasteiger partial charge on any atom is -0.497 e. The van der Waals surface area contributed by atoms with Gasteiger partial charge in [0.1, 0.15) is 16.5 Å². The molecule has 7 heteroatoms. The largest absolute Gasteiger partial charge is 0.497 e. The van der Waals surface area contributed by atoms with Gasteiger partial charge < -0.3 is 9.47 Å². The second kappa shape index (κ2) is 8.44. The summed E-state index contributed by atoms with van der Waals surface area (Å²) in [5, 5.41) is 12.1. The van der Waals surface area contributed by atoms with Gasteiger partial charge in [0.05, 0.1) is 13.7 Å². The fraction of sp³-hybridized carbons (Fsp3) is 0.211. The molecule has 0 radical (unpaired) electrons. The van der Waals surface area contributed by atoms with Gasteiger partial charge in [-0.05, 0) is 48.9 Å². The number of hydrogen-bond acceptors (Lipinski definition) is 6. The zero-order valence-corrected chi connectivity index (χ0v) is 15.4. The number of methoxy groups -OCH3 is 1. The monoisotopic (exact) mass is 369 g/mol. The van der Waals surface area contributed by atoms with Crippen LogP contribution >= 0.6 is 11.3 Å². The Kier molecular flexibility index (Phi) is 5.80. The van der Waals surface area contributed by atoms with Crippen LogP contribution in [0, 0.1) is 6.92 Å². The van der Waals surface area contributed by atoms with Crippen molar-refractivity contribution in [3.63, 3.8) is 0 Å². The fourth-order valence-corrected chi connectivity index (χ4v) is 2.99. The molecule has 1 N–H and O–H groups in total. The summed E-state index contributed by atoms with van der Waals surface area (Å²) in [4.78, 5) is 12.2. The lowest BCUT2D eigenvalue weighted by Gasteiger charge is -2.05. The zero-order valence-electron chi connectivity index (χ0n) is 14.6. The van der Waals surface area contributed by atoms with Crippen LogP contribution in [0.4, 0.5) is 5.13 Å². The molecule has 2 aromatic carbocycles. The van der Waals surface area contributed by atoms with Gasteiger partial charge in [0, 0.05) is 12.0 Å². The first-order chi connectivity index (χ1) is 12.6. The van der Waals surface area contributed by atoms with Gasteiger partial charge in [-0.25, -0.2) is 0 Å². The van der Waals surface area contributed by atoms with Crippen LogP contribution in [-0.2, 0) is 6.42 Å². The van der Waals surface area contributed by atoms with Crippen molar-refractivity contribution in [1.82, 2.24) is 10.2 Å². The molecule has 0 atom stereocenters. The van der Waals surface area contributed by atoms with E-state index in [9.17, 15) is 4.79 Å². The Morgan fingerprint density at radius 2 is 1.92 bits per heavy atom. The third-order valence-corrected chi connectivity index (χ3v) is 4.51. The van der Waals surface area contributed by atoms with E-state index < -0.39 is 0 Å². The van der Waals surface area contributed by atoms with Crippen molar-refractivity contribution < 1.29 is 14.3 Å². The fourth-order valence-electron chi connectivity index (χ4n) is 2.28. The van der Waals surface area contributed by atoms with Crippen molar-refractivity contribution in [3.05, 3.63) is 64.7 Å². The molecule has 134 valence electrons. The van der Waals surface area contributed by atoms with E-state index in [0.29, 0.717) is 29.5 Å². The number of benzene rings is 2. The average molecular weight is 369 g/mol. The summed E-state index contributed by atoms with van der Waals surface area (Å²) in [6.07, 6.45) is 0.629. The number of aromatic nitrogens is 2. The number of anilines is 1. The van der Waals surface area contributed by atoms with Crippen LogP contribution < -0.4 is 14.8 Å². The molecule has 1 heterocycles. The summed E-state index contributed by atoms with van der Waals surface area (Å²) in [5.41, 5.74) is 1.69. The smallest absolute Gasteiger partial charge is 0.257 e. The molecular formula is C19H19N3O3S. The minimum absolute atomic E-state index is 0.230. The van der Waals surface area contributed by atoms with Crippen molar-refractivity contribution >= 4 is 22.4 Å². The average Bonchev–Trinajstić information content (AvgIpc) is 3.09. The van der Waals surface area contributed by atoms with Crippen molar-refractivity contribution in [2.45, 2.75) is 13.3 Å². The third kappa shape index (κ3) is 4.80. The summed E-state index contributed by atoms with van der Waals surface area (Å²) in [5.74, 6) is 1.31. The van der Waals surface area contributed by atoms with Crippen LogP contribution in [0.5, 0.6) is 11.5 Å². The highest BCUT2D eigenvalue weighted by atomic mass is 32.1. The van der Waals surface area contributed by atoms with Crippen molar-refractivity contribution in [3.8, 4) is 11.5 Å². The number of hydrogen-bond donors (Lipinski definition) is 1. The van der Waals surface area contributed by atoms with E-state index >= 15 is 0 Å². The number of aryl methyl sites for hydroxylation is 1. The van der Waals surface area contributed by atoms with Crippen LogP contribution in [0.3, 0.4) is 0 Å². The number of rotatable bonds is 7. The summed E-state index contributed by atoms with van der Waals surface area (Å²) < 4.78 is 10.8. The molecule has 26 heavy (non-hydrogen) atoms. The first-order valence-corrected chi connectivity index (χ1v) is 8.93. The molecule has 0 bridgehead atoms. The second-order valence-electron chi connectivity index (χ2n) is 5.60. The maximum absolute atomic E-state index is 12.2. The molecule has 1 amide bonds. The van der Waals surface area contributed by atoms with Gasteiger partial charge in [0.25, 0.3) is 5.91 Å². The van der Waals surface area contributed by atoms with E-state index in [1.807, 2.05) is 31.2 Å². The number of carbonyl (C=O) groups is 1. The number of nitrogens with zero attached hydrogens (tertiary/aromatic N) is 2. The molecule has 0 fully saturated rings. The Balaban J connectivity index is 1.51. The summed E-state index contributed by atoms with van der Waals surface area (Å²) in [6.45, 7) is 2.53. The topological polar surface area (TPSA) is 73.3 Å². The summed E-state index contributed by atoms with van der Waals surface area (Å²) >= 11 is 1.34. The number of carbonyl (C=O) groups excluding carboxylic acids is 1. The first kappa shape index (κ1) is 17.9. The van der Waals surface area contributed by atoms with Gasteiger partial charge in [0.2, 0.25) is 5.13 Å². The van der Waals surface area contributed by atoms with Gasteiger partial charge in [-0.3, -0.25) is 10.1 Å². The Morgan fingerprint density at radius 1 is 1.12 bits per heavy atom. The van der Waals surface area contributed by atoms with E-state index in [4.69, 9.17) is 9.47 Å². The highest BCUT2D eigenvalue weighted by Gasteiger charge is 2.10. The van der Waals surface area contributed by atoms with Gasteiger partial charge in [-0.15, -0.1) is 10.2 Å². The first-order valence-electron chi connectivity index (χ1n) is 8.11. The Labute approximate surface area is 155 Å². The van der Waals surface area contributed by atoms with Crippen LogP contribution in [0.1, 0.15) is 20.9 Å². The highest BCUT2D eigenvalue weighted by Crippen LogP contribution is 2.19. The molecule has 0 saturated carbocycles. The zero-order chi connectivity index (χ0) is 18.4. The minimum atomic E-state index is -0.230. The molecule has 0 unspecified atom stereocenters. The lowest BCUT2D eigenvalue weighted by molar-refractivity contribution is 0.102. The molecular weight excluding hydrogens is 350 g/mol. The van der Waals surface area contributed by atoms with E-state index in [2.05, 4.69) is 15.5 Å². The summed E-state index contributed by atoms with van der Waals surface area (Å²) in [6, 6.07) is 14.8. The molecule has 0 spiro atoms. The lowest BCUT2D eigenvalue weighted by atomic mass is 10.2. The highest BCUT2D eigenvalue weighted by molar-refractivity contribution is 7.15. The number of amides is 1. The van der Waals surface area contributed by atoms with Crippen LogP contribution in [0.15, 0.2) is 48.5 Å². The maximum Gasteiger partial charge on any atom is 0.257 e. The maximum atomic E-state index is 12.2. The predicted molar refractivity (Wildman–Crippen MR) is 101 cm³/mol. The predicted octanol–water partition coefficient (Wildman–Crippen LogP) is 3.73. The van der Waals surface area contributed by atoms with Gasteiger partial charge >= 0.3 is 0 Å². The third-order valence-electron chi connectivity index (χ3n) is 3.61. The van der Waals surface area contributed by atoms with E-state index in [0.717, 1.165) is 16.3 Å². The van der Waals surface area contributed by atoms with Crippen LogP contribution in [0.25, 0.3) is 0 Å². The molecule has 0 saturated heterocycles. The molecule has 0 aliphatic rings. The summed E-state index contributed by atoms with van der Waals surface area (Å²) in [7, 11) is 1.58. The lowest BCUT2D eigenvalue weighted by Crippen LogP contribution is -2.11. The van der Waals surface area contributed by atoms with Crippen LogP contribution in [0.2, 0.25) is 0 Å². The second-order valence-corrected chi connectivity index (χ2v) is 6.66. The quantitative estimate of drug-likeness (QED) is 0.687. The van der Waals surface area contributed by atoms with E-state index in [1.54, 1.807) is 31.4 Å². The molecule has 6 nitrogen and oxygen atoms in total. The standard InChI is InChI=1S/C19H19N3O3S/c1-13-4-3-5-16(12-13)25-11-10-17-21-22-19(26-17)20-18(23)14-6-8-15(24-2)9-7-14/h3-9,12H,10-11H2,1-2H3,(H,20,22,23). The molecule has 1 aromatic heterocycles. The normalized spacial score (nSPS) is 10.4. The van der Waals surface area contributed by atoms with Gasteiger partial charge in [0.15, 0.2) is 0 Å². The van der Waals surface area contributed by atoms with Crippen molar-refractivity contribution in [2.24, 2.45) is 0 Å². The van der Waals surface area contributed by atoms with Crippen molar-refractivity contribution in [2.75, 3.05) is 19.0 Å². The SMILES string of the molecule is COc1ccc(C(=O)Nc2nnc(CCOc3cccc(C)c3)s2)cc1. The van der Waals surface area contributed by atoms with Crippen LogP contribution in [-0.4, -0.2) is 29.8 Å². The number of nitrogens with one attached hydrogen (secondary N) is 1. The van der Waals surface area contributed by atoms with Gasteiger partial charge in [-0.2, -0.15) is 0 Å². The Bertz CT molecular complexity index is 878. The van der Waals surface area contributed by atoms with E-state index in [1.165, 1.54) is 11.3 Å². The van der Waals surface area contributed by atoms with Crippen molar-refractivity contribution in [1.29, 1.82) is 0 Å². The molecule has 0 aliphatic heterocycles. The Hall–Kier alpha value is -2.93. The molecule has 3 rings (SSSR count). The molecule has 0 aliphatic carbocycles. The molecule has 3 aromatic rings. The Morgan fingerprint density at radius 3 is 2.65 bits per heavy atom. The number of ether oxygens (including phenoxy) is 2. The van der Waals surface area contributed by atoms with Gasteiger partial charge in [-0.1, -0.05) is 23.5 Å².